The molecule has 0 saturated heterocycles. The Morgan fingerprint density at radius 2 is 1.97 bits per heavy atom. The highest BCUT2D eigenvalue weighted by Gasteiger charge is 2.16. The molecule has 3 aromatic rings. The molecule has 1 heterocycles. The number of fused-ring (bicyclic) bond motifs is 1. The molecule has 3 rings (SSSR count). The van der Waals surface area contributed by atoms with Gasteiger partial charge in [-0.25, -0.2) is 0 Å². The second-order valence-corrected chi connectivity index (χ2v) is 6.93. The maximum atomic E-state index is 12.8. The lowest BCUT2D eigenvalue weighted by Crippen LogP contribution is -2.19. The first-order valence-corrected chi connectivity index (χ1v) is 9.38. The molecule has 0 saturated carbocycles. The highest BCUT2D eigenvalue weighted by molar-refractivity contribution is 7.16. The van der Waals surface area contributed by atoms with Crippen LogP contribution in [0.1, 0.15) is 10.4 Å². The van der Waals surface area contributed by atoms with Crippen molar-refractivity contribution in [3.05, 3.63) is 56.9 Å². The van der Waals surface area contributed by atoms with Crippen LogP contribution in [0.2, 0.25) is 0 Å². The van der Waals surface area contributed by atoms with E-state index < -0.39 is 10.8 Å². The molecule has 10 heteroatoms. The Morgan fingerprint density at radius 3 is 2.62 bits per heavy atom. The lowest BCUT2D eigenvalue weighted by atomic mass is 10.2. The summed E-state index contributed by atoms with van der Waals surface area (Å²) in [7, 11) is 4.56. The van der Waals surface area contributed by atoms with Gasteiger partial charge in [0, 0.05) is 31.9 Å². The number of hydrogen-bond donors (Lipinski definition) is 0. The molecule has 29 heavy (non-hydrogen) atoms. The molecule has 1 amide bonds. The van der Waals surface area contributed by atoms with E-state index in [1.54, 1.807) is 35.9 Å². The van der Waals surface area contributed by atoms with E-state index in [1.165, 1.54) is 37.7 Å². The molecule has 0 fully saturated rings. The summed E-state index contributed by atoms with van der Waals surface area (Å²) in [5.74, 6) is 0.415. The molecule has 2 aromatic carbocycles. The molecule has 0 atom stereocenters. The van der Waals surface area contributed by atoms with E-state index in [2.05, 4.69) is 4.99 Å². The molecule has 9 nitrogen and oxygen atoms in total. The Labute approximate surface area is 169 Å². The summed E-state index contributed by atoms with van der Waals surface area (Å²) >= 11 is 1.20. The maximum Gasteiger partial charge on any atom is 0.283 e. The molecular formula is C19H19N3O6S. The molecule has 0 aliphatic carbocycles. The van der Waals surface area contributed by atoms with Crippen molar-refractivity contribution in [2.45, 2.75) is 6.54 Å². The largest absolute Gasteiger partial charge is 0.497 e. The quantitative estimate of drug-likeness (QED) is 0.432. The van der Waals surface area contributed by atoms with Crippen LogP contribution in [0.5, 0.6) is 11.5 Å². The third-order valence-corrected chi connectivity index (χ3v) is 5.27. The van der Waals surface area contributed by atoms with Gasteiger partial charge < -0.3 is 18.8 Å². The summed E-state index contributed by atoms with van der Waals surface area (Å²) in [5, 5.41) is 11.1. The van der Waals surface area contributed by atoms with Gasteiger partial charge in [-0.05, 0) is 18.2 Å². The van der Waals surface area contributed by atoms with Gasteiger partial charge in [0.05, 0.1) is 41.5 Å². The smallest absolute Gasteiger partial charge is 0.283 e. The van der Waals surface area contributed by atoms with Crippen LogP contribution in [0.4, 0.5) is 5.69 Å². The van der Waals surface area contributed by atoms with E-state index >= 15 is 0 Å². The Bertz CT molecular complexity index is 1130. The number of benzene rings is 2. The summed E-state index contributed by atoms with van der Waals surface area (Å²) in [4.78, 5) is 28.1. The molecule has 0 unspecified atom stereocenters. The Balaban J connectivity index is 2.13. The number of rotatable bonds is 7. The molecule has 0 bridgehead atoms. The zero-order valence-corrected chi connectivity index (χ0v) is 16.9. The number of nitrogens with zero attached hydrogens (tertiary/aromatic N) is 3. The van der Waals surface area contributed by atoms with Crippen molar-refractivity contribution in [3.8, 4) is 11.5 Å². The average molecular weight is 417 g/mol. The van der Waals surface area contributed by atoms with Crippen LogP contribution in [-0.2, 0) is 11.3 Å². The van der Waals surface area contributed by atoms with Crippen molar-refractivity contribution in [1.29, 1.82) is 0 Å². The number of amides is 1. The summed E-state index contributed by atoms with van der Waals surface area (Å²) in [6.07, 6.45) is 0. The van der Waals surface area contributed by atoms with E-state index in [0.717, 1.165) is 5.52 Å². The number of nitro benzene ring substituents is 1. The fraction of sp³-hybridized carbons (Fsp3) is 0.263. The second kappa shape index (κ2) is 8.84. The highest BCUT2D eigenvalue weighted by Crippen LogP contribution is 2.26. The fourth-order valence-corrected chi connectivity index (χ4v) is 3.87. The summed E-state index contributed by atoms with van der Waals surface area (Å²) in [6.45, 7) is 0.843. The van der Waals surface area contributed by atoms with E-state index in [-0.39, 0.29) is 11.3 Å². The van der Waals surface area contributed by atoms with E-state index in [0.29, 0.717) is 34.2 Å². The number of carbonyl (C=O) groups excluding carboxylic acids is 1. The Morgan fingerprint density at radius 1 is 1.17 bits per heavy atom. The number of thiazole rings is 1. The summed E-state index contributed by atoms with van der Waals surface area (Å²) < 4.78 is 18.0. The average Bonchev–Trinajstić information content (AvgIpc) is 3.07. The number of non-ortho nitro benzene ring substituents is 1. The molecule has 0 aliphatic heterocycles. The fourth-order valence-electron chi connectivity index (χ4n) is 2.78. The maximum absolute atomic E-state index is 12.8. The molecule has 0 N–H and O–H groups in total. The van der Waals surface area contributed by atoms with Crippen molar-refractivity contribution in [2.75, 3.05) is 27.9 Å². The minimum Gasteiger partial charge on any atom is -0.497 e. The van der Waals surface area contributed by atoms with Crippen LogP contribution in [0.3, 0.4) is 0 Å². The van der Waals surface area contributed by atoms with Gasteiger partial charge in [0.2, 0.25) is 0 Å². The van der Waals surface area contributed by atoms with Crippen molar-refractivity contribution < 1.29 is 23.9 Å². The predicted octanol–water partition coefficient (Wildman–Crippen LogP) is 3.02. The van der Waals surface area contributed by atoms with Gasteiger partial charge in [0.15, 0.2) is 4.80 Å². The molecule has 0 aliphatic rings. The van der Waals surface area contributed by atoms with Gasteiger partial charge in [-0.3, -0.25) is 14.9 Å². The van der Waals surface area contributed by atoms with Crippen LogP contribution in [0, 0.1) is 10.1 Å². The van der Waals surface area contributed by atoms with Gasteiger partial charge in [0.25, 0.3) is 11.6 Å². The topological polar surface area (TPSA) is 105 Å². The lowest BCUT2D eigenvalue weighted by Gasteiger charge is -2.08. The van der Waals surface area contributed by atoms with Gasteiger partial charge in [-0.1, -0.05) is 11.3 Å². The van der Waals surface area contributed by atoms with Crippen molar-refractivity contribution in [2.24, 2.45) is 4.99 Å². The van der Waals surface area contributed by atoms with E-state index in [9.17, 15) is 14.9 Å². The number of methoxy groups -OCH3 is 3. The van der Waals surface area contributed by atoms with Crippen LogP contribution >= 0.6 is 11.3 Å². The van der Waals surface area contributed by atoms with E-state index in [1.807, 2.05) is 0 Å². The van der Waals surface area contributed by atoms with Crippen LogP contribution < -0.4 is 14.3 Å². The van der Waals surface area contributed by atoms with Crippen molar-refractivity contribution in [1.82, 2.24) is 4.57 Å². The van der Waals surface area contributed by atoms with Gasteiger partial charge in [-0.2, -0.15) is 4.99 Å². The Kier molecular flexibility index (Phi) is 6.25. The van der Waals surface area contributed by atoms with Gasteiger partial charge >= 0.3 is 0 Å². The van der Waals surface area contributed by atoms with Crippen molar-refractivity contribution >= 4 is 33.1 Å². The van der Waals surface area contributed by atoms with Crippen LogP contribution in [0.25, 0.3) is 10.2 Å². The number of carbonyl (C=O) groups is 1. The monoisotopic (exact) mass is 417 g/mol. The number of nitro groups is 1. The molecular weight excluding hydrogens is 398 g/mol. The molecule has 152 valence electrons. The first-order chi connectivity index (χ1) is 14.0. The molecule has 1 aromatic heterocycles. The molecule has 0 spiro atoms. The second-order valence-electron chi connectivity index (χ2n) is 5.92. The van der Waals surface area contributed by atoms with E-state index in [4.69, 9.17) is 14.2 Å². The molecule has 0 radical (unpaired) electrons. The van der Waals surface area contributed by atoms with Crippen LogP contribution in [-0.4, -0.2) is 43.3 Å². The SMILES string of the molecule is COCCn1c(=NC(=O)c2ccc(OC)cc2OC)sc2cc([N+](=O)[O-])ccc21. The highest BCUT2D eigenvalue weighted by atomic mass is 32.1. The van der Waals surface area contributed by atoms with Crippen LogP contribution in [0.15, 0.2) is 41.4 Å². The predicted molar refractivity (Wildman–Crippen MR) is 108 cm³/mol. The zero-order valence-electron chi connectivity index (χ0n) is 16.1. The summed E-state index contributed by atoms with van der Waals surface area (Å²) in [5.41, 5.74) is 1.01. The third-order valence-electron chi connectivity index (χ3n) is 4.23. The van der Waals surface area contributed by atoms with Gasteiger partial charge in [-0.15, -0.1) is 0 Å². The number of aromatic nitrogens is 1. The minimum absolute atomic E-state index is 0.0210. The normalized spacial score (nSPS) is 11.6. The Hall–Kier alpha value is -3.24. The first-order valence-electron chi connectivity index (χ1n) is 8.56. The van der Waals surface area contributed by atoms with Crippen molar-refractivity contribution in [3.63, 3.8) is 0 Å². The standard InChI is InChI=1S/C19H19N3O6S/c1-26-9-8-21-15-7-4-12(22(24)25)10-17(15)29-19(21)20-18(23)14-6-5-13(27-2)11-16(14)28-3/h4-7,10-11H,8-9H2,1-3H3. The first kappa shape index (κ1) is 20.5. The zero-order chi connectivity index (χ0) is 21.0. The number of ether oxygens (including phenoxy) is 3. The third kappa shape index (κ3) is 4.28. The lowest BCUT2D eigenvalue weighted by molar-refractivity contribution is -0.384. The van der Waals surface area contributed by atoms with Gasteiger partial charge in [0.1, 0.15) is 11.5 Å². The number of hydrogen-bond acceptors (Lipinski definition) is 7. The minimum atomic E-state index is -0.489. The summed E-state index contributed by atoms with van der Waals surface area (Å²) in [6, 6.07) is 9.39.